The summed E-state index contributed by atoms with van der Waals surface area (Å²) in [7, 11) is 3.92. The van der Waals surface area contributed by atoms with Crippen LogP contribution in [-0.4, -0.2) is 130 Å². The Morgan fingerprint density at radius 3 is 2.57 bits per heavy atom. The third-order valence-electron chi connectivity index (χ3n) is 7.62. The minimum Gasteiger partial charge on any atom is -0.355 e. The largest absolute Gasteiger partial charge is 0.355 e. The summed E-state index contributed by atoms with van der Waals surface area (Å²) in [6.07, 6.45) is -1.93. The normalized spacial score (nSPS) is 37.3. The average Bonchev–Trinajstić information content (AvgIpc) is 3.13. The second-order valence-corrected chi connectivity index (χ2v) is 10.5. The first-order chi connectivity index (χ1) is 16.7. The number of likely N-dealkylation sites (N-methyl/N-ethyl adjacent to an activating group) is 1. The Bertz CT molecular complexity index is 740. The monoisotopic (exact) mass is 501 g/mol. The molecule has 0 aromatic heterocycles. The minimum absolute atomic E-state index is 0.0567. The third kappa shape index (κ3) is 6.27. The van der Waals surface area contributed by atoms with E-state index in [4.69, 9.17) is 5.73 Å². The van der Waals surface area contributed by atoms with Crippen molar-refractivity contribution in [2.75, 3.05) is 66.5 Å². The first-order valence-electron chi connectivity index (χ1n) is 12.7. The van der Waals surface area contributed by atoms with Gasteiger partial charge < -0.3 is 26.6 Å². The van der Waals surface area contributed by atoms with Crippen LogP contribution in [0.1, 0.15) is 12.8 Å². The van der Waals surface area contributed by atoms with Crippen LogP contribution >= 0.6 is 0 Å². The molecule has 0 spiro atoms. The van der Waals surface area contributed by atoms with E-state index in [0.29, 0.717) is 39.0 Å². The standard InChI is InChI=1S/C22H41F2N9O2/c1-31(2)8-5-27-21(34)13-3-6-32(7-4-13)18-15(24)10-26-11-16(18)29-22(35)17-19(25)30-33-12-14(23)9-28-20(17)33/h13-20,26,28,30H,3-12,25H2,1-2H3,(H,27,34)(H,29,35). The first-order valence-corrected chi connectivity index (χ1v) is 12.7. The number of amides is 2. The summed E-state index contributed by atoms with van der Waals surface area (Å²) in [5, 5.41) is 13.8. The maximum absolute atomic E-state index is 15.2. The molecule has 7 unspecified atom stereocenters. The van der Waals surface area contributed by atoms with Gasteiger partial charge in [0.05, 0.1) is 30.3 Å². The maximum atomic E-state index is 15.2. The summed E-state index contributed by atoms with van der Waals surface area (Å²) in [6.45, 7) is 3.59. The maximum Gasteiger partial charge on any atom is 0.229 e. The Labute approximate surface area is 205 Å². The molecule has 2 amide bonds. The van der Waals surface area contributed by atoms with Crippen LogP contribution in [0.25, 0.3) is 0 Å². The van der Waals surface area contributed by atoms with E-state index in [1.165, 1.54) is 0 Å². The minimum atomic E-state index is -1.15. The lowest BCUT2D eigenvalue weighted by molar-refractivity contribution is -0.128. The van der Waals surface area contributed by atoms with Crippen molar-refractivity contribution in [1.82, 2.24) is 41.5 Å². The highest BCUT2D eigenvalue weighted by Gasteiger charge is 2.48. The van der Waals surface area contributed by atoms with E-state index >= 15 is 4.39 Å². The number of nitrogens with zero attached hydrogens (tertiary/aromatic N) is 3. The summed E-state index contributed by atoms with van der Waals surface area (Å²) in [4.78, 5) is 29.9. The Kier molecular flexibility index (Phi) is 8.90. The van der Waals surface area contributed by atoms with Crippen molar-refractivity contribution < 1.29 is 18.4 Å². The van der Waals surface area contributed by atoms with Crippen molar-refractivity contribution in [3.63, 3.8) is 0 Å². The second kappa shape index (κ2) is 11.7. The molecule has 35 heavy (non-hydrogen) atoms. The topological polar surface area (TPSA) is 130 Å². The number of hydrazine groups is 1. The van der Waals surface area contributed by atoms with Gasteiger partial charge in [-0.25, -0.2) is 19.2 Å². The SMILES string of the molecule is CN(C)CCNC(=O)C1CCN(C2C(F)CNCC2NC(=O)C2C(N)NN3CC(F)CNC23)CC1. The van der Waals surface area contributed by atoms with Gasteiger partial charge in [0.2, 0.25) is 11.8 Å². The molecule has 0 radical (unpaired) electrons. The summed E-state index contributed by atoms with van der Waals surface area (Å²) >= 11 is 0. The van der Waals surface area contributed by atoms with E-state index in [1.807, 2.05) is 19.0 Å². The number of nitrogens with one attached hydrogen (secondary N) is 5. The Morgan fingerprint density at radius 2 is 1.86 bits per heavy atom. The molecule has 0 aromatic rings. The van der Waals surface area contributed by atoms with Crippen LogP contribution < -0.4 is 32.4 Å². The van der Waals surface area contributed by atoms with Gasteiger partial charge in [0.15, 0.2) is 0 Å². The number of likely N-dealkylation sites (tertiary alicyclic amines) is 1. The Hall–Kier alpha value is -1.48. The second-order valence-electron chi connectivity index (χ2n) is 10.5. The molecule has 4 rings (SSSR count). The lowest BCUT2D eigenvalue weighted by Crippen LogP contribution is -2.67. The van der Waals surface area contributed by atoms with E-state index in [1.54, 1.807) is 5.01 Å². The number of hydrogen-bond acceptors (Lipinski definition) is 9. The lowest BCUT2D eigenvalue weighted by atomic mass is 9.90. The summed E-state index contributed by atoms with van der Waals surface area (Å²) in [6, 6.07) is -0.912. The predicted octanol–water partition coefficient (Wildman–Crippen LogP) is -2.84. The van der Waals surface area contributed by atoms with Gasteiger partial charge in [0.1, 0.15) is 12.3 Å². The molecule has 4 heterocycles. The molecule has 7 atom stereocenters. The van der Waals surface area contributed by atoms with Crippen LogP contribution in [0.5, 0.6) is 0 Å². The molecule has 0 aromatic carbocycles. The van der Waals surface area contributed by atoms with Crippen molar-refractivity contribution in [3.8, 4) is 0 Å². The van der Waals surface area contributed by atoms with Gasteiger partial charge in [0, 0.05) is 45.2 Å². The number of carbonyl (C=O) groups is 2. The van der Waals surface area contributed by atoms with E-state index in [-0.39, 0.29) is 37.4 Å². The van der Waals surface area contributed by atoms with Gasteiger partial charge in [-0.2, -0.15) is 0 Å². The lowest BCUT2D eigenvalue weighted by Gasteiger charge is -2.45. The summed E-state index contributed by atoms with van der Waals surface area (Å²) < 4.78 is 28.9. The zero-order valence-corrected chi connectivity index (χ0v) is 20.7. The van der Waals surface area contributed by atoms with E-state index in [9.17, 15) is 14.0 Å². The molecule has 0 aliphatic carbocycles. The van der Waals surface area contributed by atoms with Crippen molar-refractivity contribution in [2.24, 2.45) is 17.6 Å². The van der Waals surface area contributed by atoms with E-state index < -0.39 is 42.7 Å². The van der Waals surface area contributed by atoms with Gasteiger partial charge in [-0.15, -0.1) is 0 Å². The number of fused-ring (bicyclic) bond motifs is 1. The molecule has 4 aliphatic rings. The molecule has 4 fully saturated rings. The van der Waals surface area contributed by atoms with Crippen molar-refractivity contribution >= 4 is 11.8 Å². The fraction of sp³-hybridized carbons (Fsp3) is 0.909. The number of hydrogen-bond donors (Lipinski definition) is 6. The molecule has 0 bridgehead atoms. The highest BCUT2D eigenvalue weighted by Crippen LogP contribution is 2.26. The summed E-state index contributed by atoms with van der Waals surface area (Å²) in [5.74, 6) is -0.921. The van der Waals surface area contributed by atoms with Gasteiger partial charge >= 0.3 is 0 Å². The highest BCUT2D eigenvalue weighted by molar-refractivity contribution is 5.81. The number of nitrogens with two attached hydrogens (primary N) is 1. The van der Waals surface area contributed by atoms with Crippen LogP contribution in [0.15, 0.2) is 0 Å². The molecule has 11 nitrogen and oxygen atoms in total. The van der Waals surface area contributed by atoms with Crippen molar-refractivity contribution in [1.29, 1.82) is 0 Å². The molecule has 200 valence electrons. The van der Waals surface area contributed by atoms with Gasteiger partial charge in [0.25, 0.3) is 0 Å². The predicted molar refractivity (Wildman–Crippen MR) is 127 cm³/mol. The molecular weight excluding hydrogens is 460 g/mol. The van der Waals surface area contributed by atoms with Gasteiger partial charge in [-0.3, -0.25) is 19.8 Å². The molecule has 0 saturated carbocycles. The number of alkyl halides is 2. The fourth-order valence-corrected chi connectivity index (χ4v) is 5.75. The Morgan fingerprint density at radius 1 is 1.11 bits per heavy atom. The fourth-order valence-electron chi connectivity index (χ4n) is 5.75. The quantitative estimate of drug-likeness (QED) is 0.219. The number of carbonyl (C=O) groups excluding carboxylic acids is 2. The average molecular weight is 502 g/mol. The number of halogens is 2. The van der Waals surface area contributed by atoms with Crippen LogP contribution in [0.3, 0.4) is 0 Å². The van der Waals surface area contributed by atoms with Crippen molar-refractivity contribution in [2.45, 2.75) is 49.6 Å². The highest BCUT2D eigenvalue weighted by atomic mass is 19.1. The molecule has 4 saturated heterocycles. The molecule has 7 N–H and O–H groups in total. The van der Waals surface area contributed by atoms with Crippen LogP contribution in [0, 0.1) is 11.8 Å². The van der Waals surface area contributed by atoms with Crippen molar-refractivity contribution in [3.05, 3.63) is 0 Å². The van der Waals surface area contributed by atoms with Crippen LogP contribution in [0.4, 0.5) is 8.78 Å². The van der Waals surface area contributed by atoms with Gasteiger partial charge in [-0.05, 0) is 40.0 Å². The summed E-state index contributed by atoms with van der Waals surface area (Å²) in [5.41, 5.74) is 9.15. The molecule has 13 heteroatoms. The number of piperidine rings is 2. The van der Waals surface area contributed by atoms with Crippen LogP contribution in [0.2, 0.25) is 0 Å². The third-order valence-corrected chi connectivity index (χ3v) is 7.62. The molecule has 4 aliphatic heterocycles. The smallest absolute Gasteiger partial charge is 0.229 e. The van der Waals surface area contributed by atoms with E-state index in [2.05, 4.69) is 31.6 Å². The zero-order chi connectivity index (χ0) is 25.1. The Balaban J connectivity index is 1.33. The number of rotatable bonds is 7. The van der Waals surface area contributed by atoms with Gasteiger partial charge in [-0.1, -0.05) is 0 Å². The van der Waals surface area contributed by atoms with E-state index in [0.717, 1.165) is 6.54 Å². The first kappa shape index (κ1) is 26.6. The zero-order valence-electron chi connectivity index (χ0n) is 20.7. The van der Waals surface area contributed by atoms with Crippen LogP contribution in [-0.2, 0) is 9.59 Å². The molecular formula is C22H41F2N9O2.